The number of rotatable bonds is 5. The second-order valence-corrected chi connectivity index (χ2v) is 5.16. The van der Waals surface area contributed by atoms with Crippen LogP contribution in [0.5, 0.6) is 0 Å². The highest BCUT2D eigenvalue weighted by Gasteiger charge is 2.11. The summed E-state index contributed by atoms with van der Waals surface area (Å²) in [6.07, 6.45) is 6.56. The monoisotopic (exact) mass is 300 g/mol. The zero-order valence-electron chi connectivity index (χ0n) is 12.6. The number of hydrogen-bond acceptors (Lipinski definition) is 2. The fourth-order valence-corrected chi connectivity index (χ4v) is 1.60. The Morgan fingerprint density at radius 1 is 1.06 bits per heavy atom. The van der Waals surface area contributed by atoms with E-state index >= 15 is 0 Å². The Bertz CT molecular complexity index is 136. The second-order valence-electron chi connectivity index (χ2n) is 5.16. The summed E-state index contributed by atoms with van der Waals surface area (Å²) in [7, 11) is 0. The van der Waals surface area contributed by atoms with Gasteiger partial charge in [-0.15, -0.1) is 24.8 Å². The van der Waals surface area contributed by atoms with Crippen LogP contribution >= 0.6 is 24.8 Å². The molecule has 1 rings (SSSR count). The lowest BCUT2D eigenvalue weighted by molar-refractivity contribution is 0.376. The van der Waals surface area contributed by atoms with E-state index in [2.05, 4.69) is 38.3 Å². The lowest BCUT2D eigenvalue weighted by Crippen LogP contribution is -2.40. The van der Waals surface area contributed by atoms with E-state index in [1.165, 1.54) is 51.7 Å². The first-order valence-electron chi connectivity index (χ1n) is 7.14. The summed E-state index contributed by atoms with van der Waals surface area (Å²) in [5.41, 5.74) is 0. The maximum Gasteiger partial charge on any atom is 0.00912 e. The Balaban J connectivity index is -0.000000332. The first-order valence-corrected chi connectivity index (χ1v) is 7.14. The summed E-state index contributed by atoms with van der Waals surface area (Å²) < 4.78 is 0. The fourth-order valence-electron chi connectivity index (χ4n) is 1.60. The molecule has 2 nitrogen and oxygen atoms in total. The van der Waals surface area contributed by atoms with Gasteiger partial charge in [0.1, 0.15) is 0 Å². The highest BCUT2D eigenvalue weighted by molar-refractivity contribution is 5.85. The van der Waals surface area contributed by atoms with Crippen molar-refractivity contribution in [3.63, 3.8) is 0 Å². The number of nitrogens with one attached hydrogen (secondary N) is 2. The van der Waals surface area contributed by atoms with Gasteiger partial charge in [0, 0.05) is 6.04 Å². The normalized spacial score (nSPS) is 15.2. The number of halogens is 2. The van der Waals surface area contributed by atoms with Crippen molar-refractivity contribution < 1.29 is 0 Å². The third-order valence-electron chi connectivity index (χ3n) is 2.99. The van der Waals surface area contributed by atoms with Crippen molar-refractivity contribution in [1.29, 1.82) is 0 Å². The molecule has 0 radical (unpaired) electrons. The summed E-state index contributed by atoms with van der Waals surface area (Å²) in [5, 5.41) is 6.99. The van der Waals surface area contributed by atoms with Gasteiger partial charge < -0.3 is 10.6 Å². The third kappa shape index (κ3) is 16.5. The van der Waals surface area contributed by atoms with Crippen molar-refractivity contribution in [2.75, 3.05) is 19.6 Å². The fraction of sp³-hybridized carbons (Fsp3) is 1.00. The van der Waals surface area contributed by atoms with Gasteiger partial charge >= 0.3 is 0 Å². The number of piperidine rings is 1. The van der Waals surface area contributed by atoms with Gasteiger partial charge in [-0.1, -0.05) is 40.5 Å². The molecule has 0 aromatic carbocycles. The Kier molecular flexibility index (Phi) is 22.9. The molecular formula is C14H34Cl2N2. The van der Waals surface area contributed by atoms with Gasteiger partial charge in [-0.25, -0.2) is 0 Å². The van der Waals surface area contributed by atoms with Crippen molar-refractivity contribution in [2.45, 2.75) is 65.8 Å². The van der Waals surface area contributed by atoms with E-state index in [0.717, 1.165) is 12.0 Å². The van der Waals surface area contributed by atoms with Crippen LogP contribution in [0, 0.1) is 5.92 Å². The van der Waals surface area contributed by atoms with Crippen LogP contribution in [0.25, 0.3) is 0 Å². The molecule has 0 amide bonds. The average Bonchev–Trinajstić information content (AvgIpc) is 2.30. The molecule has 1 fully saturated rings. The summed E-state index contributed by atoms with van der Waals surface area (Å²) in [4.78, 5) is 0. The third-order valence-corrected chi connectivity index (χ3v) is 2.99. The van der Waals surface area contributed by atoms with Crippen LogP contribution in [0.1, 0.15) is 59.8 Å². The Morgan fingerprint density at radius 3 is 1.94 bits per heavy atom. The summed E-state index contributed by atoms with van der Waals surface area (Å²) in [5.74, 6) is 0.833. The Hall–Kier alpha value is 0.500. The van der Waals surface area contributed by atoms with E-state index < -0.39 is 0 Å². The molecule has 1 aliphatic heterocycles. The smallest absolute Gasteiger partial charge is 0.00912 e. The van der Waals surface area contributed by atoms with Crippen LogP contribution in [-0.2, 0) is 0 Å². The van der Waals surface area contributed by atoms with E-state index in [1.807, 2.05) is 0 Å². The lowest BCUT2D eigenvalue weighted by atomic mass is 10.1. The molecule has 0 unspecified atom stereocenters. The van der Waals surface area contributed by atoms with Crippen molar-refractivity contribution >= 4 is 24.8 Å². The minimum absolute atomic E-state index is 0. The minimum atomic E-state index is 0. The van der Waals surface area contributed by atoms with Crippen LogP contribution in [0.3, 0.4) is 0 Å². The van der Waals surface area contributed by atoms with Gasteiger partial charge in [0.05, 0.1) is 0 Å². The molecule has 0 saturated carbocycles. The molecule has 114 valence electrons. The first kappa shape index (κ1) is 23.6. The van der Waals surface area contributed by atoms with Crippen molar-refractivity contribution in [3.8, 4) is 0 Å². The molecule has 2 N–H and O–H groups in total. The average molecular weight is 301 g/mol. The molecule has 18 heavy (non-hydrogen) atoms. The van der Waals surface area contributed by atoms with Gasteiger partial charge in [-0.05, 0) is 44.8 Å². The lowest BCUT2D eigenvalue weighted by Gasteiger charge is -2.24. The molecule has 0 atom stereocenters. The maximum absolute atomic E-state index is 3.61. The van der Waals surface area contributed by atoms with E-state index in [1.54, 1.807) is 0 Å². The van der Waals surface area contributed by atoms with Gasteiger partial charge in [0.15, 0.2) is 0 Å². The SMILES string of the molecule is CC(C)CCNC1CCNCC1.CCCC.Cl.Cl. The predicted octanol–water partition coefficient (Wildman–Crippen LogP) is 4.02. The van der Waals surface area contributed by atoms with Crippen LogP contribution in [0.15, 0.2) is 0 Å². The summed E-state index contributed by atoms with van der Waals surface area (Å²) in [6.45, 7) is 12.5. The van der Waals surface area contributed by atoms with E-state index in [-0.39, 0.29) is 24.8 Å². The summed E-state index contributed by atoms with van der Waals surface area (Å²) in [6, 6.07) is 0.782. The quantitative estimate of drug-likeness (QED) is 0.801. The Morgan fingerprint density at radius 2 is 1.56 bits per heavy atom. The molecule has 1 saturated heterocycles. The largest absolute Gasteiger partial charge is 0.317 e. The number of unbranched alkanes of at least 4 members (excludes halogenated alkanes) is 1. The predicted molar refractivity (Wildman–Crippen MR) is 88.4 cm³/mol. The van der Waals surface area contributed by atoms with Crippen molar-refractivity contribution in [3.05, 3.63) is 0 Å². The maximum atomic E-state index is 3.61. The molecular weight excluding hydrogens is 267 g/mol. The Labute approximate surface area is 127 Å². The van der Waals surface area contributed by atoms with E-state index in [0.29, 0.717) is 0 Å². The van der Waals surface area contributed by atoms with Crippen LogP contribution in [-0.4, -0.2) is 25.7 Å². The molecule has 0 aromatic rings. The molecule has 0 aromatic heterocycles. The minimum Gasteiger partial charge on any atom is -0.317 e. The van der Waals surface area contributed by atoms with Crippen LogP contribution in [0.4, 0.5) is 0 Å². The van der Waals surface area contributed by atoms with Crippen LogP contribution < -0.4 is 10.6 Å². The molecule has 1 aliphatic rings. The zero-order valence-corrected chi connectivity index (χ0v) is 14.3. The van der Waals surface area contributed by atoms with E-state index in [4.69, 9.17) is 0 Å². The molecule has 0 bridgehead atoms. The number of hydrogen-bond donors (Lipinski definition) is 2. The molecule has 0 spiro atoms. The summed E-state index contributed by atoms with van der Waals surface area (Å²) >= 11 is 0. The highest BCUT2D eigenvalue weighted by Crippen LogP contribution is 2.03. The highest BCUT2D eigenvalue weighted by atomic mass is 35.5. The van der Waals surface area contributed by atoms with Crippen molar-refractivity contribution in [1.82, 2.24) is 10.6 Å². The van der Waals surface area contributed by atoms with E-state index in [9.17, 15) is 0 Å². The van der Waals surface area contributed by atoms with Gasteiger partial charge in [-0.2, -0.15) is 0 Å². The van der Waals surface area contributed by atoms with Crippen LogP contribution in [0.2, 0.25) is 0 Å². The standard InChI is InChI=1S/C10H22N2.C4H10.2ClH/c1-9(2)3-8-12-10-4-6-11-7-5-10;1-3-4-2;;/h9-12H,3-8H2,1-2H3;3-4H2,1-2H3;2*1H. The second kappa shape index (κ2) is 17.5. The molecule has 0 aliphatic carbocycles. The molecule has 1 heterocycles. The van der Waals surface area contributed by atoms with Gasteiger partial charge in [0.25, 0.3) is 0 Å². The van der Waals surface area contributed by atoms with Gasteiger partial charge in [0.2, 0.25) is 0 Å². The van der Waals surface area contributed by atoms with Gasteiger partial charge in [-0.3, -0.25) is 0 Å². The topological polar surface area (TPSA) is 24.1 Å². The zero-order chi connectivity index (χ0) is 12.2. The van der Waals surface area contributed by atoms with Crippen molar-refractivity contribution in [2.24, 2.45) is 5.92 Å². The molecule has 4 heteroatoms. The first-order chi connectivity index (χ1) is 7.70.